The normalized spacial score (nSPS) is 10.7. The van der Waals surface area contributed by atoms with E-state index >= 15 is 0 Å². The number of hydrogen-bond acceptors (Lipinski definition) is 2. The first kappa shape index (κ1) is 9.09. The zero-order chi connectivity index (χ0) is 9.97. The molecule has 1 heterocycles. The van der Waals surface area contributed by atoms with E-state index in [4.69, 9.17) is 9.84 Å². The lowest BCUT2D eigenvalue weighted by Gasteiger charge is -2.03. The zero-order valence-electron chi connectivity index (χ0n) is 8.08. The van der Waals surface area contributed by atoms with Crippen LogP contribution in [0.1, 0.15) is 5.69 Å². The molecule has 2 N–H and O–H groups in total. The molecule has 0 saturated heterocycles. The molecular weight excluding hydrogens is 178 g/mol. The molecule has 3 heteroatoms. The molecule has 0 fully saturated rings. The Morgan fingerprint density at radius 2 is 2.21 bits per heavy atom. The van der Waals surface area contributed by atoms with Crippen LogP contribution in [-0.4, -0.2) is 23.3 Å². The van der Waals surface area contributed by atoms with Crippen molar-refractivity contribution in [3.63, 3.8) is 0 Å². The fourth-order valence-corrected chi connectivity index (χ4v) is 1.51. The van der Waals surface area contributed by atoms with Gasteiger partial charge in [0, 0.05) is 16.6 Å². The van der Waals surface area contributed by atoms with Crippen molar-refractivity contribution in [2.24, 2.45) is 0 Å². The number of aromatic nitrogens is 1. The van der Waals surface area contributed by atoms with E-state index in [2.05, 4.69) is 11.1 Å². The minimum absolute atomic E-state index is 0.0458. The third-order valence-electron chi connectivity index (χ3n) is 2.09. The van der Waals surface area contributed by atoms with Crippen LogP contribution in [0.25, 0.3) is 10.9 Å². The predicted octanol–water partition coefficient (Wildman–Crippen LogP) is 1.85. The van der Waals surface area contributed by atoms with Crippen LogP contribution in [-0.2, 0) is 0 Å². The third-order valence-corrected chi connectivity index (χ3v) is 2.09. The maximum Gasteiger partial charge on any atom is 0.120 e. The lowest BCUT2D eigenvalue weighted by Crippen LogP contribution is -2.01. The van der Waals surface area contributed by atoms with Crippen LogP contribution in [0.3, 0.4) is 0 Å². The van der Waals surface area contributed by atoms with Crippen molar-refractivity contribution >= 4 is 10.9 Å². The molecule has 0 amide bonds. The van der Waals surface area contributed by atoms with Crippen LogP contribution in [0.2, 0.25) is 0 Å². The van der Waals surface area contributed by atoms with Crippen molar-refractivity contribution in [2.75, 3.05) is 13.2 Å². The standard InChI is InChI=1S/C11H13NO2/c1-8-6-9-7-10(14-5-4-13)2-3-11(9)12-8/h2-3,6-7,12-13H,4-5H2,1H3. The highest BCUT2D eigenvalue weighted by molar-refractivity contribution is 5.81. The zero-order valence-corrected chi connectivity index (χ0v) is 8.08. The van der Waals surface area contributed by atoms with Crippen molar-refractivity contribution in [2.45, 2.75) is 6.92 Å². The molecule has 0 unspecified atom stereocenters. The Morgan fingerprint density at radius 1 is 1.36 bits per heavy atom. The fraction of sp³-hybridized carbons (Fsp3) is 0.273. The van der Waals surface area contributed by atoms with Crippen LogP contribution < -0.4 is 4.74 Å². The topological polar surface area (TPSA) is 45.2 Å². The van der Waals surface area contributed by atoms with Gasteiger partial charge in [-0.05, 0) is 31.2 Å². The average Bonchev–Trinajstić information content (AvgIpc) is 2.54. The molecule has 14 heavy (non-hydrogen) atoms. The first-order chi connectivity index (χ1) is 6.79. The van der Waals surface area contributed by atoms with Crippen molar-refractivity contribution in [1.29, 1.82) is 0 Å². The number of nitrogens with one attached hydrogen (secondary N) is 1. The quantitative estimate of drug-likeness (QED) is 0.777. The summed E-state index contributed by atoms with van der Waals surface area (Å²) in [5, 5.41) is 9.75. The summed E-state index contributed by atoms with van der Waals surface area (Å²) in [4.78, 5) is 3.24. The van der Waals surface area contributed by atoms with Gasteiger partial charge in [0.05, 0.1) is 6.61 Å². The van der Waals surface area contributed by atoms with Crippen LogP contribution >= 0.6 is 0 Å². The Labute approximate surface area is 82.3 Å². The first-order valence-electron chi connectivity index (χ1n) is 4.62. The van der Waals surface area contributed by atoms with Gasteiger partial charge in [0.25, 0.3) is 0 Å². The van der Waals surface area contributed by atoms with Gasteiger partial charge < -0.3 is 14.8 Å². The van der Waals surface area contributed by atoms with Gasteiger partial charge in [0.1, 0.15) is 12.4 Å². The molecule has 0 bridgehead atoms. The number of ether oxygens (including phenoxy) is 1. The van der Waals surface area contributed by atoms with Gasteiger partial charge in [-0.15, -0.1) is 0 Å². The average molecular weight is 191 g/mol. The largest absolute Gasteiger partial charge is 0.491 e. The van der Waals surface area contributed by atoms with Crippen molar-refractivity contribution in [3.05, 3.63) is 30.0 Å². The molecule has 1 aromatic heterocycles. The summed E-state index contributed by atoms with van der Waals surface area (Å²) in [5.74, 6) is 0.797. The van der Waals surface area contributed by atoms with E-state index in [0.717, 1.165) is 22.3 Å². The van der Waals surface area contributed by atoms with Gasteiger partial charge in [0.15, 0.2) is 0 Å². The van der Waals surface area contributed by atoms with Crippen LogP contribution in [0.5, 0.6) is 5.75 Å². The highest BCUT2D eigenvalue weighted by Gasteiger charge is 1.99. The molecule has 0 spiro atoms. The molecule has 74 valence electrons. The van der Waals surface area contributed by atoms with Gasteiger partial charge in [-0.2, -0.15) is 0 Å². The van der Waals surface area contributed by atoms with E-state index in [0.29, 0.717) is 6.61 Å². The van der Waals surface area contributed by atoms with Crippen LogP contribution in [0, 0.1) is 6.92 Å². The number of aromatic amines is 1. The number of fused-ring (bicyclic) bond motifs is 1. The van der Waals surface area contributed by atoms with Crippen molar-refractivity contribution in [1.82, 2.24) is 4.98 Å². The summed E-state index contributed by atoms with van der Waals surface area (Å²) in [6.45, 7) is 2.41. The minimum Gasteiger partial charge on any atom is -0.491 e. The number of aliphatic hydroxyl groups excluding tert-OH is 1. The van der Waals surface area contributed by atoms with E-state index in [1.165, 1.54) is 0 Å². The molecule has 0 atom stereocenters. The Kier molecular flexibility index (Phi) is 2.41. The van der Waals surface area contributed by atoms with Crippen LogP contribution in [0.4, 0.5) is 0 Å². The maximum absolute atomic E-state index is 8.61. The molecule has 0 radical (unpaired) electrons. The SMILES string of the molecule is Cc1cc2cc(OCCO)ccc2[nH]1. The molecule has 0 aliphatic rings. The Bertz CT molecular complexity index is 434. The number of benzene rings is 1. The van der Waals surface area contributed by atoms with Gasteiger partial charge >= 0.3 is 0 Å². The number of aliphatic hydroxyl groups is 1. The molecule has 3 nitrogen and oxygen atoms in total. The summed E-state index contributed by atoms with van der Waals surface area (Å²) in [7, 11) is 0. The third kappa shape index (κ3) is 1.72. The Hall–Kier alpha value is -1.48. The molecule has 2 aromatic rings. The summed E-state index contributed by atoms with van der Waals surface area (Å²) >= 11 is 0. The minimum atomic E-state index is 0.0458. The molecule has 2 rings (SSSR count). The molecular formula is C11H13NO2. The molecule has 0 aliphatic heterocycles. The highest BCUT2D eigenvalue weighted by Crippen LogP contribution is 2.21. The smallest absolute Gasteiger partial charge is 0.120 e. The van der Waals surface area contributed by atoms with E-state index in [-0.39, 0.29) is 6.61 Å². The summed E-state index contributed by atoms with van der Waals surface area (Å²) in [6, 6.07) is 7.92. The van der Waals surface area contributed by atoms with Gasteiger partial charge in [-0.3, -0.25) is 0 Å². The fourth-order valence-electron chi connectivity index (χ4n) is 1.51. The van der Waals surface area contributed by atoms with Gasteiger partial charge in [-0.25, -0.2) is 0 Å². The van der Waals surface area contributed by atoms with Gasteiger partial charge in [-0.1, -0.05) is 0 Å². The predicted molar refractivity (Wildman–Crippen MR) is 55.6 cm³/mol. The van der Waals surface area contributed by atoms with E-state index in [9.17, 15) is 0 Å². The van der Waals surface area contributed by atoms with Crippen molar-refractivity contribution < 1.29 is 9.84 Å². The highest BCUT2D eigenvalue weighted by atomic mass is 16.5. The number of H-pyrrole nitrogens is 1. The summed E-state index contributed by atoms with van der Waals surface area (Å²) in [5.41, 5.74) is 2.25. The van der Waals surface area contributed by atoms with Gasteiger partial charge in [0.2, 0.25) is 0 Å². The van der Waals surface area contributed by atoms with E-state index in [1.54, 1.807) is 0 Å². The lowest BCUT2D eigenvalue weighted by molar-refractivity contribution is 0.201. The molecule has 0 aliphatic carbocycles. The first-order valence-corrected chi connectivity index (χ1v) is 4.62. The monoisotopic (exact) mass is 191 g/mol. The van der Waals surface area contributed by atoms with Crippen molar-refractivity contribution in [3.8, 4) is 5.75 Å². The number of aryl methyl sites for hydroxylation is 1. The second-order valence-electron chi connectivity index (χ2n) is 3.27. The second-order valence-corrected chi connectivity index (χ2v) is 3.27. The Balaban J connectivity index is 2.31. The van der Waals surface area contributed by atoms with Crippen LogP contribution in [0.15, 0.2) is 24.3 Å². The molecule has 0 saturated carbocycles. The summed E-state index contributed by atoms with van der Waals surface area (Å²) in [6.07, 6.45) is 0. The maximum atomic E-state index is 8.61. The van der Waals surface area contributed by atoms with E-state index < -0.39 is 0 Å². The number of rotatable bonds is 3. The lowest BCUT2D eigenvalue weighted by atomic mass is 10.2. The molecule has 1 aromatic carbocycles. The van der Waals surface area contributed by atoms with E-state index in [1.807, 2.05) is 25.1 Å². The Morgan fingerprint density at radius 3 is 3.00 bits per heavy atom. The number of hydrogen-bond donors (Lipinski definition) is 2. The summed E-state index contributed by atoms with van der Waals surface area (Å²) < 4.78 is 5.31. The second kappa shape index (κ2) is 3.72.